The number of likely N-dealkylation sites (N-methyl/N-ethyl adjacent to an activating group) is 1. The SMILES string of the molecule is CCN1C(=O)S/C(=C/c2cc(Br)c(OCc3ccc(C(=O)O)cc3)c(OC)c2)C1=O. The van der Waals surface area contributed by atoms with E-state index >= 15 is 0 Å². The van der Waals surface area contributed by atoms with Gasteiger partial charge < -0.3 is 14.6 Å². The molecule has 0 spiro atoms. The molecule has 0 atom stereocenters. The van der Waals surface area contributed by atoms with Gasteiger partial charge in [-0.05, 0) is 76.1 Å². The van der Waals surface area contributed by atoms with Crippen molar-refractivity contribution in [3.8, 4) is 11.5 Å². The summed E-state index contributed by atoms with van der Waals surface area (Å²) in [5.74, 6) is -0.377. The number of thioether (sulfide) groups is 1. The first kappa shape index (κ1) is 21.9. The third-order valence-electron chi connectivity index (χ3n) is 4.32. The van der Waals surface area contributed by atoms with Crippen molar-refractivity contribution < 1.29 is 29.0 Å². The van der Waals surface area contributed by atoms with Crippen LogP contribution in [-0.4, -0.2) is 40.8 Å². The number of ether oxygens (including phenoxy) is 2. The number of halogens is 1. The van der Waals surface area contributed by atoms with Crippen molar-refractivity contribution in [2.45, 2.75) is 13.5 Å². The van der Waals surface area contributed by atoms with Crippen LogP contribution in [0.4, 0.5) is 4.79 Å². The maximum Gasteiger partial charge on any atom is 0.335 e. The molecule has 0 aromatic heterocycles. The molecule has 1 N–H and O–H groups in total. The maximum absolute atomic E-state index is 12.3. The summed E-state index contributed by atoms with van der Waals surface area (Å²) in [5, 5.41) is 8.69. The Morgan fingerprint density at radius 3 is 2.50 bits per heavy atom. The number of nitrogens with zero attached hydrogens (tertiary/aromatic N) is 1. The van der Waals surface area contributed by atoms with Gasteiger partial charge in [-0.3, -0.25) is 14.5 Å². The van der Waals surface area contributed by atoms with Crippen molar-refractivity contribution in [1.29, 1.82) is 0 Å². The summed E-state index contributed by atoms with van der Waals surface area (Å²) in [5.41, 5.74) is 1.68. The van der Waals surface area contributed by atoms with Crippen molar-refractivity contribution in [3.63, 3.8) is 0 Å². The second-order valence-corrected chi connectivity index (χ2v) is 8.10. The van der Waals surface area contributed by atoms with E-state index in [1.165, 1.54) is 24.1 Å². The van der Waals surface area contributed by atoms with Gasteiger partial charge in [-0.25, -0.2) is 4.79 Å². The number of hydrogen-bond acceptors (Lipinski definition) is 6. The van der Waals surface area contributed by atoms with Crippen LogP contribution >= 0.6 is 27.7 Å². The first-order valence-electron chi connectivity index (χ1n) is 8.92. The molecule has 156 valence electrons. The highest BCUT2D eigenvalue weighted by Crippen LogP contribution is 2.39. The Morgan fingerprint density at radius 1 is 1.23 bits per heavy atom. The molecule has 30 heavy (non-hydrogen) atoms. The van der Waals surface area contributed by atoms with Crippen molar-refractivity contribution in [2.75, 3.05) is 13.7 Å². The molecule has 1 heterocycles. The van der Waals surface area contributed by atoms with Crippen LogP contribution < -0.4 is 9.47 Å². The Kier molecular flexibility index (Phi) is 6.84. The first-order valence-corrected chi connectivity index (χ1v) is 10.5. The number of methoxy groups -OCH3 is 1. The number of imide groups is 1. The minimum absolute atomic E-state index is 0.203. The van der Waals surface area contributed by atoms with Gasteiger partial charge in [0.25, 0.3) is 11.1 Å². The summed E-state index contributed by atoms with van der Waals surface area (Å²) in [7, 11) is 1.50. The summed E-state index contributed by atoms with van der Waals surface area (Å²) in [6, 6.07) is 9.88. The predicted molar refractivity (Wildman–Crippen MR) is 117 cm³/mol. The molecule has 1 aliphatic rings. The van der Waals surface area contributed by atoms with Gasteiger partial charge in [0.2, 0.25) is 0 Å². The number of hydrogen-bond donors (Lipinski definition) is 1. The molecule has 0 unspecified atom stereocenters. The van der Waals surface area contributed by atoms with Gasteiger partial charge in [0.15, 0.2) is 11.5 Å². The first-order chi connectivity index (χ1) is 14.3. The Bertz CT molecular complexity index is 1030. The van der Waals surface area contributed by atoms with Gasteiger partial charge in [-0.2, -0.15) is 0 Å². The van der Waals surface area contributed by atoms with Crippen LogP contribution in [0.2, 0.25) is 0 Å². The number of carbonyl (C=O) groups excluding carboxylic acids is 2. The van der Waals surface area contributed by atoms with Crippen molar-refractivity contribution >= 4 is 50.9 Å². The van der Waals surface area contributed by atoms with Crippen LogP contribution in [0.25, 0.3) is 6.08 Å². The van der Waals surface area contributed by atoms with Gasteiger partial charge in [-0.1, -0.05) is 12.1 Å². The van der Waals surface area contributed by atoms with Gasteiger partial charge >= 0.3 is 5.97 Å². The zero-order valence-electron chi connectivity index (χ0n) is 16.2. The highest BCUT2D eigenvalue weighted by Gasteiger charge is 2.33. The van der Waals surface area contributed by atoms with Gasteiger partial charge in [0, 0.05) is 6.54 Å². The van der Waals surface area contributed by atoms with Gasteiger partial charge in [-0.15, -0.1) is 0 Å². The van der Waals surface area contributed by atoms with Crippen LogP contribution in [0.3, 0.4) is 0 Å². The van der Waals surface area contributed by atoms with Crippen LogP contribution in [0, 0.1) is 0 Å². The highest BCUT2D eigenvalue weighted by atomic mass is 79.9. The lowest BCUT2D eigenvalue weighted by atomic mass is 10.1. The maximum atomic E-state index is 12.3. The third-order valence-corrected chi connectivity index (χ3v) is 5.82. The Morgan fingerprint density at radius 2 is 1.93 bits per heavy atom. The molecule has 0 aliphatic carbocycles. The lowest BCUT2D eigenvalue weighted by molar-refractivity contribution is -0.122. The monoisotopic (exact) mass is 491 g/mol. The number of rotatable bonds is 7. The molecule has 1 aliphatic heterocycles. The van der Waals surface area contributed by atoms with Crippen LogP contribution in [-0.2, 0) is 11.4 Å². The average molecular weight is 492 g/mol. The van der Waals surface area contributed by atoms with E-state index < -0.39 is 5.97 Å². The van der Waals surface area contributed by atoms with E-state index in [-0.39, 0.29) is 23.3 Å². The van der Waals surface area contributed by atoms with E-state index in [2.05, 4.69) is 15.9 Å². The fourth-order valence-corrected chi connectivity index (χ4v) is 4.26. The van der Waals surface area contributed by atoms with Crippen molar-refractivity contribution in [3.05, 3.63) is 62.5 Å². The Labute approximate surface area is 185 Å². The number of carboxylic acids is 1. The number of carbonyl (C=O) groups is 3. The highest BCUT2D eigenvalue weighted by molar-refractivity contribution is 9.10. The average Bonchev–Trinajstić information content (AvgIpc) is 2.99. The molecule has 1 fully saturated rings. The van der Waals surface area contributed by atoms with Gasteiger partial charge in [0.05, 0.1) is 22.1 Å². The summed E-state index contributed by atoms with van der Waals surface area (Å²) in [6.45, 7) is 2.29. The largest absolute Gasteiger partial charge is 0.493 e. The van der Waals surface area contributed by atoms with E-state index in [0.29, 0.717) is 33.0 Å². The minimum atomic E-state index is -0.987. The zero-order valence-corrected chi connectivity index (χ0v) is 18.6. The fraction of sp³-hybridized carbons (Fsp3) is 0.190. The van der Waals surface area contributed by atoms with E-state index in [1.807, 2.05) is 0 Å². The molecule has 2 aromatic carbocycles. The topological polar surface area (TPSA) is 93.1 Å². The van der Waals surface area contributed by atoms with E-state index in [1.54, 1.807) is 37.3 Å². The number of carboxylic acid groups (broad SMARTS) is 1. The van der Waals surface area contributed by atoms with Gasteiger partial charge in [0.1, 0.15) is 6.61 Å². The van der Waals surface area contributed by atoms with Crippen molar-refractivity contribution in [2.24, 2.45) is 0 Å². The molecule has 0 radical (unpaired) electrons. The quantitative estimate of drug-likeness (QED) is 0.556. The molecule has 7 nitrogen and oxygen atoms in total. The molecule has 2 aromatic rings. The molecule has 1 saturated heterocycles. The molecular weight excluding hydrogens is 474 g/mol. The molecule has 0 saturated carbocycles. The molecular formula is C21H18BrNO6S. The smallest absolute Gasteiger partial charge is 0.335 e. The van der Waals surface area contributed by atoms with E-state index in [9.17, 15) is 14.4 Å². The summed E-state index contributed by atoms with van der Waals surface area (Å²) < 4.78 is 11.9. The van der Waals surface area contributed by atoms with Crippen LogP contribution in [0.15, 0.2) is 45.8 Å². The van der Waals surface area contributed by atoms with Crippen LogP contribution in [0.5, 0.6) is 11.5 Å². The Balaban J connectivity index is 1.81. The fourth-order valence-electron chi connectivity index (χ4n) is 2.79. The normalized spacial score (nSPS) is 15.0. The number of benzene rings is 2. The second-order valence-electron chi connectivity index (χ2n) is 6.25. The van der Waals surface area contributed by atoms with Crippen LogP contribution in [0.1, 0.15) is 28.4 Å². The number of amides is 2. The standard InChI is InChI=1S/C21H18BrNO6S/c1-3-23-19(24)17(30-21(23)27)10-13-8-15(22)18(16(9-13)28-2)29-11-12-4-6-14(7-5-12)20(25)26/h4-10H,3,11H2,1-2H3,(H,25,26)/b17-10+. The zero-order chi connectivity index (χ0) is 21.8. The molecule has 2 amide bonds. The lowest BCUT2D eigenvalue weighted by Gasteiger charge is -2.14. The summed E-state index contributed by atoms with van der Waals surface area (Å²) >= 11 is 4.37. The molecule has 0 bridgehead atoms. The second kappa shape index (κ2) is 9.36. The van der Waals surface area contributed by atoms with E-state index in [0.717, 1.165) is 17.3 Å². The third kappa shape index (κ3) is 4.68. The minimum Gasteiger partial charge on any atom is -0.493 e. The van der Waals surface area contributed by atoms with Crippen molar-refractivity contribution in [1.82, 2.24) is 4.90 Å². The number of aromatic carboxylic acids is 1. The summed E-state index contributed by atoms with van der Waals surface area (Å²) in [6.07, 6.45) is 1.64. The lowest BCUT2D eigenvalue weighted by Crippen LogP contribution is -2.27. The molecule has 9 heteroatoms. The Hall–Kier alpha value is -2.78. The predicted octanol–water partition coefficient (Wildman–Crippen LogP) is 4.79. The summed E-state index contributed by atoms with van der Waals surface area (Å²) in [4.78, 5) is 36.7. The van der Waals surface area contributed by atoms with E-state index in [4.69, 9.17) is 14.6 Å². The molecule has 3 rings (SSSR count).